The summed E-state index contributed by atoms with van der Waals surface area (Å²) in [5.41, 5.74) is 4.28. The molecule has 1 aliphatic carbocycles. The van der Waals surface area contributed by atoms with Crippen molar-refractivity contribution in [2.75, 3.05) is 13.1 Å². The molecule has 7 nitrogen and oxygen atoms in total. The standard InChI is InChI=1S/C23H23N3O2.C2HF3O2/c1-15-11-21(25-28-15)23(27)24-22-18-10-6-5-9-17(18)19-13-26(14-20(19)22)12-16-7-3-2-4-8-16;3-2(4,5)1(6)7/h2-11,19-20,22H,12-14H2,1H3,(H,24,27);(H,6,7)/t19-,20-,22+;/m0./s1. The molecule has 0 spiro atoms. The Morgan fingerprint density at radius 1 is 1.09 bits per heavy atom. The molecule has 1 aromatic heterocycles. The average molecular weight is 487 g/mol. The van der Waals surface area contributed by atoms with Gasteiger partial charge in [0.05, 0.1) is 6.04 Å². The predicted molar refractivity (Wildman–Crippen MR) is 120 cm³/mol. The summed E-state index contributed by atoms with van der Waals surface area (Å²) in [7, 11) is 0. The molecular formula is C25H24F3N3O4. The lowest BCUT2D eigenvalue weighted by Gasteiger charge is -2.22. The number of alkyl halides is 3. The van der Waals surface area contributed by atoms with E-state index in [1.54, 1.807) is 13.0 Å². The first-order valence-electron chi connectivity index (χ1n) is 11.0. The number of nitrogens with one attached hydrogen (secondary N) is 1. The molecule has 3 aromatic rings. The van der Waals surface area contributed by atoms with E-state index in [-0.39, 0.29) is 11.9 Å². The second-order valence-corrected chi connectivity index (χ2v) is 8.66. The third-order valence-electron chi connectivity index (χ3n) is 6.24. The number of fused-ring (bicyclic) bond motifs is 3. The Morgan fingerprint density at radius 2 is 1.71 bits per heavy atom. The molecule has 5 rings (SSSR count). The van der Waals surface area contributed by atoms with Crippen LogP contribution in [0.1, 0.15) is 44.9 Å². The van der Waals surface area contributed by atoms with E-state index in [0.29, 0.717) is 23.3 Å². The van der Waals surface area contributed by atoms with Gasteiger partial charge < -0.3 is 14.9 Å². The van der Waals surface area contributed by atoms with Gasteiger partial charge in [0.1, 0.15) is 5.76 Å². The lowest BCUT2D eigenvalue weighted by atomic mass is 9.94. The van der Waals surface area contributed by atoms with E-state index < -0.39 is 12.1 Å². The lowest BCUT2D eigenvalue weighted by Crippen LogP contribution is -2.33. The molecule has 1 fully saturated rings. The lowest BCUT2D eigenvalue weighted by molar-refractivity contribution is -0.192. The van der Waals surface area contributed by atoms with Gasteiger partial charge in [0.15, 0.2) is 5.69 Å². The van der Waals surface area contributed by atoms with Crippen LogP contribution in [0.2, 0.25) is 0 Å². The van der Waals surface area contributed by atoms with Gasteiger partial charge in [-0.2, -0.15) is 13.2 Å². The number of aliphatic carboxylic acids is 1. The summed E-state index contributed by atoms with van der Waals surface area (Å²) in [6, 6.07) is 20.8. The summed E-state index contributed by atoms with van der Waals surface area (Å²) >= 11 is 0. The number of aryl methyl sites for hydroxylation is 1. The van der Waals surface area contributed by atoms with E-state index in [9.17, 15) is 18.0 Å². The highest BCUT2D eigenvalue weighted by atomic mass is 19.4. The summed E-state index contributed by atoms with van der Waals surface area (Å²) in [4.78, 5) is 24.1. The van der Waals surface area contributed by atoms with Crippen molar-refractivity contribution in [2.24, 2.45) is 5.92 Å². The number of rotatable bonds is 4. The van der Waals surface area contributed by atoms with Gasteiger partial charge in [0, 0.05) is 37.5 Å². The van der Waals surface area contributed by atoms with Crippen molar-refractivity contribution in [1.82, 2.24) is 15.4 Å². The molecule has 1 amide bonds. The van der Waals surface area contributed by atoms with Crippen molar-refractivity contribution in [3.05, 3.63) is 88.8 Å². The third-order valence-corrected chi connectivity index (χ3v) is 6.24. The summed E-state index contributed by atoms with van der Waals surface area (Å²) in [5.74, 6) is -1.46. The van der Waals surface area contributed by atoms with Gasteiger partial charge in [0.2, 0.25) is 0 Å². The Morgan fingerprint density at radius 3 is 2.31 bits per heavy atom. The van der Waals surface area contributed by atoms with Crippen molar-refractivity contribution in [3.63, 3.8) is 0 Å². The fourth-order valence-corrected chi connectivity index (χ4v) is 4.79. The molecule has 0 saturated carbocycles. The maximum absolute atomic E-state index is 12.7. The van der Waals surface area contributed by atoms with E-state index in [1.807, 2.05) is 0 Å². The fourth-order valence-electron chi connectivity index (χ4n) is 4.79. The first-order chi connectivity index (χ1) is 16.6. The van der Waals surface area contributed by atoms with Gasteiger partial charge >= 0.3 is 12.1 Å². The van der Waals surface area contributed by atoms with Crippen LogP contribution >= 0.6 is 0 Å². The number of carbonyl (C=O) groups is 2. The highest BCUT2D eigenvalue weighted by molar-refractivity contribution is 5.92. The van der Waals surface area contributed by atoms with E-state index in [2.05, 4.69) is 70.0 Å². The molecule has 1 aliphatic heterocycles. The predicted octanol–water partition coefficient (Wildman–Crippen LogP) is 4.32. The van der Waals surface area contributed by atoms with Crippen LogP contribution in [0.5, 0.6) is 0 Å². The van der Waals surface area contributed by atoms with E-state index in [1.165, 1.54) is 16.7 Å². The van der Waals surface area contributed by atoms with Crippen molar-refractivity contribution in [2.45, 2.75) is 31.6 Å². The SMILES string of the molecule is Cc1cc(C(=O)N[C@@H]2c3ccccc3[C@@H]3CN(Cc4ccccc4)C[C@H]23)no1.O=C(O)C(F)(F)F. The number of likely N-dealkylation sites (tertiary alicyclic amines) is 1. The van der Waals surface area contributed by atoms with Gasteiger partial charge in [-0.3, -0.25) is 9.69 Å². The number of carbonyl (C=O) groups excluding carboxylic acids is 1. The second kappa shape index (κ2) is 9.91. The quantitative estimate of drug-likeness (QED) is 0.569. The van der Waals surface area contributed by atoms with E-state index >= 15 is 0 Å². The molecule has 3 atom stereocenters. The molecular weight excluding hydrogens is 463 g/mol. The van der Waals surface area contributed by atoms with E-state index in [0.717, 1.165) is 19.6 Å². The maximum atomic E-state index is 12.7. The smallest absolute Gasteiger partial charge is 0.475 e. The first-order valence-corrected chi connectivity index (χ1v) is 11.0. The number of hydrogen-bond acceptors (Lipinski definition) is 5. The molecule has 0 radical (unpaired) electrons. The number of hydrogen-bond donors (Lipinski definition) is 2. The second-order valence-electron chi connectivity index (χ2n) is 8.66. The maximum Gasteiger partial charge on any atom is 0.490 e. The largest absolute Gasteiger partial charge is 0.490 e. The summed E-state index contributed by atoms with van der Waals surface area (Å²) in [5, 5.41) is 14.2. The van der Waals surface area contributed by atoms with E-state index in [4.69, 9.17) is 14.4 Å². The van der Waals surface area contributed by atoms with Gasteiger partial charge in [0.25, 0.3) is 5.91 Å². The zero-order chi connectivity index (χ0) is 25.2. The average Bonchev–Trinajstić information content (AvgIpc) is 3.50. The number of nitrogens with zero attached hydrogens (tertiary/aromatic N) is 2. The van der Waals surface area contributed by atoms with Gasteiger partial charge in [-0.05, 0) is 23.6 Å². The Hall–Kier alpha value is -3.66. The van der Waals surface area contributed by atoms with Crippen molar-refractivity contribution in [3.8, 4) is 0 Å². The number of carboxylic acids is 1. The van der Waals surface area contributed by atoms with Gasteiger partial charge in [-0.25, -0.2) is 4.79 Å². The number of halogens is 3. The number of carboxylic acid groups (broad SMARTS) is 1. The molecule has 2 heterocycles. The van der Waals surface area contributed by atoms with Crippen molar-refractivity contribution in [1.29, 1.82) is 0 Å². The van der Waals surface area contributed by atoms with Crippen LogP contribution < -0.4 is 5.32 Å². The summed E-state index contributed by atoms with van der Waals surface area (Å²) < 4.78 is 36.8. The fraction of sp³-hybridized carbons (Fsp3) is 0.320. The van der Waals surface area contributed by atoms with Crippen molar-refractivity contribution >= 4 is 11.9 Å². The van der Waals surface area contributed by atoms with Crippen LogP contribution in [-0.4, -0.2) is 46.3 Å². The number of aromatic nitrogens is 1. The molecule has 0 unspecified atom stereocenters. The monoisotopic (exact) mass is 487 g/mol. The topological polar surface area (TPSA) is 95.7 Å². The zero-order valence-electron chi connectivity index (χ0n) is 18.8. The minimum atomic E-state index is -5.08. The van der Waals surface area contributed by atoms with Crippen LogP contribution in [0.25, 0.3) is 0 Å². The van der Waals surface area contributed by atoms with Gasteiger partial charge in [-0.15, -0.1) is 0 Å². The molecule has 1 saturated heterocycles. The first kappa shape index (κ1) is 24.5. The van der Waals surface area contributed by atoms with Gasteiger partial charge in [-0.1, -0.05) is 59.8 Å². The number of benzene rings is 2. The molecule has 0 bridgehead atoms. The summed E-state index contributed by atoms with van der Waals surface area (Å²) in [6.07, 6.45) is -5.08. The Balaban J connectivity index is 0.000000364. The molecule has 2 aliphatic rings. The molecule has 10 heteroatoms. The molecule has 35 heavy (non-hydrogen) atoms. The van der Waals surface area contributed by atoms with Crippen LogP contribution in [0.15, 0.2) is 65.2 Å². The van der Waals surface area contributed by atoms with Crippen molar-refractivity contribution < 1.29 is 32.4 Å². The highest BCUT2D eigenvalue weighted by Gasteiger charge is 2.46. The minimum absolute atomic E-state index is 0.00600. The Kier molecular flexibility index (Phi) is 6.93. The van der Waals surface area contributed by atoms with Crippen LogP contribution in [0, 0.1) is 12.8 Å². The molecule has 2 aromatic carbocycles. The number of amides is 1. The minimum Gasteiger partial charge on any atom is -0.475 e. The molecule has 184 valence electrons. The highest BCUT2D eigenvalue weighted by Crippen LogP contribution is 2.49. The Bertz CT molecular complexity index is 1200. The Labute approximate surface area is 199 Å². The van der Waals surface area contributed by atoms with Crippen LogP contribution in [-0.2, 0) is 11.3 Å². The molecule has 2 N–H and O–H groups in total. The normalized spacial score (nSPS) is 21.0. The summed E-state index contributed by atoms with van der Waals surface area (Å²) in [6.45, 7) is 4.73. The zero-order valence-corrected chi connectivity index (χ0v) is 18.8. The van der Waals surface area contributed by atoms with Crippen LogP contribution in [0.3, 0.4) is 0 Å². The van der Waals surface area contributed by atoms with Crippen LogP contribution in [0.4, 0.5) is 13.2 Å². The third kappa shape index (κ3) is 5.54.